The van der Waals surface area contributed by atoms with E-state index in [1.165, 1.54) is 0 Å². The number of carboxylic acids is 1. The van der Waals surface area contributed by atoms with Gasteiger partial charge < -0.3 is 5.11 Å². The highest BCUT2D eigenvalue weighted by atomic mass is 35.5. The van der Waals surface area contributed by atoms with Crippen LogP contribution >= 0.6 is 23.2 Å². The van der Waals surface area contributed by atoms with Gasteiger partial charge in [-0.15, -0.1) is 0 Å². The maximum atomic E-state index is 11.7. The van der Waals surface area contributed by atoms with Crippen LogP contribution in [0.4, 0.5) is 0 Å². The van der Waals surface area contributed by atoms with E-state index in [1.807, 2.05) is 0 Å². The fourth-order valence-electron chi connectivity index (χ4n) is 2.75. The molecule has 18 heavy (non-hydrogen) atoms. The third-order valence-electron chi connectivity index (χ3n) is 4.01. The van der Waals surface area contributed by atoms with Crippen molar-refractivity contribution in [2.24, 2.45) is 11.8 Å². The molecule has 1 saturated carbocycles. The minimum atomic E-state index is -0.898. The van der Waals surface area contributed by atoms with E-state index >= 15 is 0 Å². The molecule has 0 unspecified atom stereocenters. The SMILES string of the molecule is CC(C)C1CC(C(=O)O)(c2c(Cl)cccc2Cl)C1. The van der Waals surface area contributed by atoms with Gasteiger partial charge in [-0.2, -0.15) is 0 Å². The van der Waals surface area contributed by atoms with Crippen molar-refractivity contribution < 1.29 is 9.90 Å². The Morgan fingerprint density at radius 2 is 1.83 bits per heavy atom. The van der Waals surface area contributed by atoms with E-state index in [4.69, 9.17) is 23.2 Å². The second-order valence-corrected chi connectivity index (χ2v) is 6.21. The normalized spacial score (nSPS) is 27.1. The zero-order valence-corrected chi connectivity index (χ0v) is 11.9. The van der Waals surface area contributed by atoms with Gasteiger partial charge in [-0.25, -0.2) is 0 Å². The number of benzene rings is 1. The largest absolute Gasteiger partial charge is 0.481 e. The van der Waals surface area contributed by atoms with Crippen molar-refractivity contribution in [1.82, 2.24) is 0 Å². The van der Waals surface area contributed by atoms with Crippen molar-refractivity contribution in [3.05, 3.63) is 33.8 Å². The molecule has 1 aromatic carbocycles. The highest BCUT2D eigenvalue weighted by Gasteiger charge is 2.54. The number of carboxylic acid groups (broad SMARTS) is 1. The standard InChI is InChI=1S/C14H16Cl2O2/c1-8(2)9-6-14(7-9,13(17)18)12-10(15)4-3-5-11(12)16/h3-5,8-9H,6-7H2,1-2H3,(H,17,18). The number of rotatable bonds is 3. The van der Waals surface area contributed by atoms with Gasteiger partial charge in [-0.1, -0.05) is 43.1 Å². The van der Waals surface area contributed by atoms with Crippen LogP contribution in [0, 0.1) is 11.8 Å². The van der Waals surface area contributed by atoms with Crippen LogP contribution in [0.25, 0.3) is 0 Å². The summed E-state index contributed by atoms with van der Waals surface area (Å²) in [6.07, 6.45) is 1.23. The van der Waals surface area contributed by atoms with Gasteiger partial charge in [0.05, 0.1) is 5.41 Å². The van der Waals surface area contributed by atoms with E-state index in [0.29, 0.717) is 40.3 Å². The lowest BCUT2D eigenvalue weighted by Gasteiger charge is -2.47. The van der Waals surface area contributed by atoms with Gasteiger partial charge in [0.15, 0.2) is 0 Å². The first kappa shape index (κ1) is 13.7. The third kappa shape index (κ3) is 2.02. The van der Waals surface area contributed by atoms with E-state index in [0.717, 1.165) is 0 Å². The van der Waals surface area contributed by atoms with E-state index in [9.17, 15) is 9.90 Å². The molecule has 1 aliphatic carbocycles. The van der Waals surface area contributed by atoms with Crippen LogP contribution in [-0.4, -0.2) is 11.1 Å². The second-order valence-electron chi connectivity index (χ2n) is 5.40. The number of carbonyl (C=O) groups is 1. The monoisotopic (exact) mass is 286 g/mol. The summed E-state index contributed by atoms with van der Waals surface area (Å²) < 4.78 is 0. The zero-order valence-electron chi connectivity index (χ0n) is 10.4. The van der Waals surface area contributed by atoms with Crippen molar-refractivity contribution in [3.63, 3.8) is 0 Å². The quantitative estimate of drug-likeness (QED) is 0.895. The first-order valence-electron chi connectivity index (χ1n) is 6.06. The minimum absolute atomic E-state index is 0.424. The molecule has 4 heteroatoms. The molecule has 0 aliphatic heterocycles. The second kappa shape index (κ2) is 4.75. The van der Waals surface area contributed by atoms with E-state index in [1.54, 1.807) is 18.2 Å². The van der Waals surface area contributed by atoms with Gasteiger partial charge in [-0.3, -0.25) is 4.79 Å². The molecule has 0 atom stereocenters. The molecule has 1 fully saturated rings. The fourth-order valence-corrected chi connectivity index (χ4v) is 3.51. The Kier molecular flexibility index (Phi) is 3.61. The Labute approximate surface area is 117 Å². The molecule has 1 aromatic rings. The first-order chi connectivity index (χ1) is 8.38. The molecule has 0 amide bonds. The number of halogens is 2. The highest BCUT2D eigenvalue weighted by Crippen LogP contribution is 2.54. The molecule has 0 radical (unpaired) electrons. The highest BCUT2D eigenvalue weighted by molar-refractivity contribution is 6.36. The average Bonchev–Trinajstić information content (AvgIpc) is 2.19. The smallest absolute Gasteiger partial charge is 0.314 e. The molecule has 2 nitrogen and oxygen atoms in total. The van der Waals surface area contributed by atoms with Gasteiger partial charge in [0.2, 0.25) is 0 Å². The van der Waals surface area contributed by atoms with Crippen LogP contribution in [0.15, 0.2) is 18.2 Å². The van der Waals surface area contributed by atoms with Crippen LogP contribution in [0.5, 0.6) is 0 Å². The Balaban J connectivity index is 2.43. The topological polar surface area (TPSA) is 37.3 Å². The lowest BCUT2D eigenvalue weighted by molar-refractivity contribution is -0.150. The van der Waals surface area contributed by atoms with Gasteiger partial charge >= 0.3 is 5.97 Å². The van der Waals surface area contributed by atoms with E-state index < -0.39 is 11.4 Å². The maximum Gasteiger partial charge on any atom is 0.314 e. The average molecular weight is 287 g/mol. The number of hydrogen-bond donors (Lipinski definition) is 1. The summed E-state index contributed by atoms with van der Waals surface area (Å²) in [5.74, 6) is 0.0848. The number of hydrogen-bond acceptors (Lipinski definition) is 1. The summed E-state index contributed by atoms with van der Waals surface area (Å²) in [5, 5.41) is 10.5. The summed E-state index contributed by atoms with van der Waals surface area (Å²) in [5.41, 5.74) is -0.317. The van der Waals surface area contributed by atoms with Crippen molar-refractivity contribution in [2.75, 3.05) is 0 Å². The molecule has 0 aromatic heterocycles. The van der Waals surface area contributed by atoms with E-state index in [2.05, 4.69) is 13.8 Å². The molecular formula is C14H16Cl2O2. The van der Waals surface area contributed by atoms with Crippen LogP contribution in [-0.2, 0) is 10.2 Å². The molecule has 2 rings (SSSR count). The van der Waals surface area contributed by atoms with Gasteiger partial charge in [0, 0.05) is 15.6 Å². The molecule has 1 N–H and O–H groups in total. The lowest BCUT2D eigenvalue weighted by atomic mass is 9.56. The predicted octanol–water partition coefficient (Wildman–Crippen LogP) is 4.38. The third-order valence-corrected chi connectivity index (χ3v) is 4.64. The Hall–Kier alpha value is -0.730. The van der Waals surface area contributed by atoms with Gasteiger partial charge in [0.1, 0.15) is 0 Å². The van der Waals surface area contributed by atoms with Crippen LogP contribution < -0.4 is 0 Å². The van der Waals surface area contributed by atoms with Gasteiger partial charge in [0.25, 0.3) is 0 Å². The first-order valence-corrected chi connectivity index (χ1v) is 6.82. The summed E-state index contributed by atoms with van der Waals surface area (Å²) in [6.45, 7) is 4.23. The summed E-state index contributed by atoms with van der Waals surface area (Å²) in [6, 6.07) is 5.15. The molecule has 0 bridgehead atoms. The lowest BCUT2D eigenvalue weighted by Crippen LogP contribution is -2.49. The predicted molar refractivity (Wildman–Crippen MR) is 73.3 cm³/mol. The molecule has 0 heterocycles. The van der Waals surface area contributed by atoms with Crippen LogP contribution in [0.2, 0.25) is 10.0 Å². The van der Waals surface area contributed by atoms with Crippen LogP contribution in [0.3, 0.4) is 0 Å². The summed E-state index contributed by atoms with van der Waals surface area (Å²) in [4.78, 5) is 11.7. The Morgan fingerprint density at radius 3 is 2.22 bits per heavy atom. The van der Waals surface area contributed by atoms with Crippen molar-refractivity contribution in [3.8, 4) is 0 Å². The van der Waals surface area contributed by atoms with Gasteiger partial charge in [-0.05, 0) is 36.8 Å². The molecule has 98 valence electrons. The van der Waals surface area contributed by atoms with Crippen molar-refractivity contribution in [2.45, 2.75) is 32.1 Å². The molecule has 0 spiro atoms. The minimum Gasteiger partial charge on any atom is -0.481 e. The number of aliphatic carboxylic acids is 1. The Bertz CT molecular complexity index is 456. The van der Waals surface area contributed by atoms with Crippen molar-refractivity contribution in [1.29, 1.82) is 0 Å². The molecule has 1 aliphatic rings. The fraction of sp³-hybridized carbons (Fsp3) is 0.500. The summed E-state index contributed by atoms with van der Waals surface area (Å²) in [7, 11) is 0. The molecular weight excluding hydrogens is 271 g/mol. The van der Waals surface area contributed by atoms with Crippen molar-refractivity contribution >= 4 is 29.2 Å². The maximum absolute atomic E-state index is 11.7. The zero-order chi connectivity index (χ0) is 13.5. The summed E-state index contributed by atoms with van der Waals surface area (Å²) >= 11 is 12.3. The van der Waals surface area contributed by atoms with Crippen LogP contribution in [0.1, 0.15) is 32.3 Å². The Morgan fingerprint density at radius 1 is 1.33 bits per heavy atom. The molecule has 0 saturated heterocycles. The van der Waals surface area contributed by atoms with E-state index in [-0.39, 0.29) is 0 Å².